The van der Waals surface area contributed by atoms with Crippen LogP contribution in [0.2, 0.25) is 5.02 Å². The molecule has 3 heterocycles. The second-order valence-electron chi connectivity index (χ2n) is 11.3. The van der Waals surface area contributed by atoms with Gasteiger partial charge in [-0.15, -0.1) is 0 Å². The van der Waals surface area contributed by atoms with Gasteiger partial charge in [0.2, 0.25) is 11.9 Å². The number of hydrogen-bond donors (Lipinski definition) is 1. The average Bonchev–Trinajstić information content (AvgIpc) is 3.09. The van der Waals surface area contributed by atoms with Crippen LogP contribution in [0.4, 0.5) is 10.7 Å². The number of halogens is 1. The van der Waals surface area contributed by atoms with Gasteiger partial charge in [-0.2, -0.15) is 0 Å². The Kier molecular flexibility index (Phi) is 9.32. The number of nitrogens with one attached hydrogen (secondary N) is 1. The summed E-state index contributed by atoms with van der Waals surface area (Å²) < 4.78 is 7.32. The van der Waals surface area contributed by atoms with Crippen LogP contribution >= 0.6 is 11.6 Å². The summed E-state index contributed by atoms with van der Waals surface area (Å²) in [5.41, 5.74) is 1.98. The number of hydrogen-bond acceptors (Lipinski definition) is 6. The minimum Gasteiger partial charge on any atom is -0.444 e. The van der Waals surface area contributed by atoms with Crippen molar-refractivity contribution in [3.8, 4) is 0 Å². The second-order valence-corrected chi connectivity index (χ2v) is 11.7. The van der Waals surface area contributed by atoms with Crippen molar-refractivity contribution in [2.75, 3.05) is 32.0 Å². The number of benzene rings is 1. The highest BCUT2D eigenvalue weighted by molar-refractivity contribution is 6.35. The fourth-order valence-electron chi connectivity index (χ4n) is 4.77. The number of pyridine rings is 1. The normalized spacial score (nSPS) is 16.0. The van der Waals surface area contributed by atoms with Gasteiger partial charge in [-0.1, -0.05) is 23.7 Å². The number of amides is 3. The standard InChI is InChI=1S/C30H37ClN6O4/c1-20-18-21(14-15-32-20)27(39)34-28-33-24-12-8-11-23(31)26(24)37(28)22-10-6-7-17-36(19-22)25(38)13-9-16-35(5)29(40)41-30(2,3)4/h8-9,11-15,18,22H,6-7,10,16-17,19H2,1-5H3,(H,33,34,39)/t22-/m1/s1. The number of rotatable bonds is 6. The van der Waals surface area contributed by atoms with E-state index in [9.17, 15) is 14.4 Å². The molecule has 41 heavy (non-hydrogen) atoms. The molecule has 1 aliphatic rings. The van der Waals surface area contributed by atoms with Crippen LogP contribution in [0.1, 0.15) is 62.1 Å². The van der Waals surface area contributed by atoms with E-state index < -0.39 is 11.7 Å². The molecule has 4 rings (SSSR count). The summed E-state index contributed by atoms with van der Waals surface area (Å²) in [7, 11) is 1.63. The first-order valence-electron chi connectivity index (χ1n) is 13.7. The number of fused-ring (bicyclic) bond motifs is 1. The minimum atomic E-state index is -0.595. The molecule has 3 amide bonds. The summed E-state index contributed by atoms with van der Waals surface area (Å²) in [6.45, 7) is 8.50. The third-order valence-electron chi connectivity index (χ3n) is 6.71. The minimum absolute atomic E-state index is 0.150. The van der Waals surface area contributed by atoms with E-state index in [0.717, 1.165) is 25.0 Å². The molecule has 10 nitrogen and oxygen atoms in total. The lowest BCUT2D eigenvalue weighted by Crippen LogP contribution is -2.35. The Bertz CT molecular complexity index is 1460. The first-order chi connectivity index (χ1) is 19.4. The molecule has 3 aromatic rings. The van der Waals surface area contributed by atoms with Gasteiger partial charge in [0.15, 0.2) is 0 Å². The van der Waals surface area contributed by atoms with Crippen LogP contribution in [-0.2, 0) is 9.53 Å². The first-order valence-corrected chi connectivity index (χ1v) is 14.1. The second kappa shape index (κ2) is 12.7. The highest BCUT2D eigenvalue weighted by atomic mass is 35.5. The molecule has 218 valence electrons. The summed E-state index contributed by atoms with van der Waals surface area (Å²) in [6.07, 6.45) is 6.81. The van der Waals surface area contributed by atoms with Crippen LogP contribution in [0.25, 0.3) is 11.0 Å². The molecule has 1 fully saturated rings. The van der Waals surface area contributed by atoms with Crippen LogP contribution in [0.15, 0.2) is 48.7 Å². The van der Waals surface area contributed by atoms with E-state index in [1.165, 1.54) is 11.0 Å². The average molecular weight is 581 g/mol. The van der Waals surface area contributed by atoms with Gasteiger partial charge < -0.3 is 19.1 Å². The zero-order chi connectivity index (χ0) is 29.7. The van der Waals surface area contributed by atoms with Gasteiger partial charge in [0.1, 0.15) is 5.60 Å². The topological polar surface area (TPSA) is 110 Å². The van der Waals surface area contributed by atoms with Gasteiger partial charge in [-0.25, -0.2) is 9.78 Å². The van der Waals surface area contributed by atoms with Crippen molar-refractivity contribution in [3.05, 3.63) is 65.0 Å². The quantitative estimate of drug-likeness (QED) is 0.379. The largest absolute Gasteiger partial charge is 0.444 e. The van der Waals surface area contributed by atoms with E-state index in [1.807, 2.05) is 23.6 Å². The van der Waals surface area contributed by atoms with Crippen molar-refractivity contribution in [2.24, 2.45) is 0 Å². The Morgan fingerprint density at radius 3 is 2.73 bits per heavy atom. The van der Waals surface area contributed by atoms with E-state index >= 15 is 0 Å². The summed E-state index contributed by atoms with van der Waals surface area (Å²) in [6, 6.07) is 8.67. The third-order valence-corrected chi connectivity index (χ3v) is 7.02. The first kappa shape index (κ1) is 30.0. The van der Waals surface area contributed by atoms with Crippen LogP contribution < -0.4 is 5.32 Å². The Balaban J connectivity index is 1.55. The number of aromatic nitrogens is 3. The van der Waals surface area contributed by atoms with Crippen LogP contribution in [0.5, 0.6) is 0 Å². The zero-order valence-corrected chi connectivity index (χ0v) is 24.9. The van der Waals surface area contributed by atoms with E-state index in [2.05, 4.69) is 10.3 Å². The van der Waals surface area contributed by atoms with Gasteiger partial charge in [0.25, 0.3) is 5.91 Å². The fourth-order valence-corrected chi connectivity index (χ4v) is 5.03. The van der Waals surface area contributed by atoms with Crippen molar-refractivity contribution in [1.82, 2.24) is 24.3 Å². The van der Waals surface area contributed by atoms with Gasteiger partial charge in [0.05, 0.1) is 22.1 Å². The van der Waals surface area contributed by atoms with Crippen LogP contribution in [-0.4, -0.2) is 74.5 Å². The Morgan fingerprint density at radius 2 is 2.00 bits per heavy atom. The monoisotopic (exact) mass is 580 g/mol. The molecule has 1 atom stereocenters. The lowest BCUT2D eigenvalue weighted by atomic mass is 10.1. The molecule has 1 aromatic carbocycles. The third kappa shape index (κ3) is 7.64. The summed E-state index contributed by atoms with van der Waals surface area (Å²) in [5, 5.41) is 3.48. The van der Waals surface area contributed by atoms with Gasteiger partial charge in [-0.3, -0.25) is 19.9 Å². The SMILES string of the molecule is Cc1cc(C(=O)Nc2nc3cccc(Cl)c3n2[C@@H]2CCCCN(C(=O)C=CCN(C)C(=O)OC(C)(C)C)C2)ccn1. The number of para-hydroxylation sites is 1. The molecule has 0 spiro atoms. The highest BCUT2D eigenvalue weighted by Gasteiger charge is 2.28. The van der Waals surface area contributed by atoms with Crippen molar-refractivity contribution in [1.29, 1.82) is 0 Å². The Hall–Kier alpha value is -3.92. The molecular formula is C30H37ClN6O4. The fraction of sp³-hybridized carbons (Fsp3) is 0.433. The van der Waals surface area contributed by atoms with E-state index in [1.54, 1.807) is 63.2 Å². The smallest absolute Gasteiger partial charge is 0.410 e. The van der Waals surface area contributed by atoms with Crippen molar-refractivity contribution in [2.45, 2.75) is 58.6 Å². The van der Waals surface area contributed by atoms with Gasteiger partial charge in [0, 0.05) is 50.2 Å². The molecule has 0 aliphatic carbocycles. The van der Waals surface area contributed by atoms with Crippen LogP contribution in [0, 0.1) is 6.92 Å². The number of ether oxygens (including phenoxy) is 1. The number of imidazole rings is 1. The lowest BCUT2D eigenvalue weighted by molar-refractivity contribution is -0.126. The molecule has 2 aromatic heterocycles. The number of aryl methyl sites for hydroxylation is 1. The molecule has 0 bridgehead atoms. The maximum Gasteiger partial charge on any atom is 0.410 e. The van der Waals surface area contributed by atoms with Crippen LogP contribution in [0.3, 0.4) is 0 Å². The van der Waals surface area contributed by atoms with E-state index in [0.29, 0.717) is 40.7 Å². The molecule has 0 saturated carbocycles. The van der Waals surface area contributed by atoms with Crippen molar-refractivity contribution >= 4 is 46.5 Å². The van der Waals surface area contributed by atoms with E-state index in [4.69, 9.17) is 21.3 Å². The predicted molar refractivity (Wildman–Crippen MR) is 159 cm³/mol. The van der Waals surface area contributed by atoms with E-state index in [-0.39, 0.29) is 24.4 Å². The number of nitrogens with zero attached hydrogens (tertiary/aromatic N) is 5. The number of anilines is 1. The maximum atomic E-state index is 13.2. The van der Waals surface area contributed by atoms with Crippen molar-refractivity contribution in [3.63, 3.8) is 0 Å². The van der Waals surface area contributed by atoms with Gasteiger partial charge >= 0.3 is 6.09 Å². The summed E-state index contributed by atoms with van der Waals surface area (Å²) in [4.78, 5) is 50.7. The molecule has 1 aliphatic heterocycles. The molecule has 1 saturated heterocycles. The predicted octanol–water partition coefficient (Wildman–Crippen LogP) is 5.62. The van der Waals surface area contributed by atoms with Gasteiger partial charge in [-0.05, 0) is 71.2 Å². The maximum absolute atomic E-state index is 13.2. The Labute approximate surface area is 245 Å². The highest BCUT2D eigenvalue weighted by Crippen LogP contribution is 2.34. The molecule has 0 unspecified atom stereocenters. The number of likely N-dealkylation sites (N-methyl/N-ethyl adjacent to an activating group) is 1. The zero-order valence-electron chi connectivity index (χ0n) is 24.2. The molecular weight excluding hydrogens is 544 g/mol. The lowest BCUT2D eigenvalue weighted by Gasteiger charge is -2.26. The molecule has 1 N–H and O–H groups in total. The molecule has 11 heteroatoms. The summed E-state index contributed by atoms with van der Waals surface area (Å²) in [5.74, 6) is -0.0778. The number of likely N-dealkylation sites (tertiary alicyclic amines) is 1. The summed E-state index contributed by atoms with van der Waals surface area (Å²) >= 11 is 6.66. The Morgan fingerprint density at radius 1 is 1.22 bits per heavy atom. The number of carbonyl (C=O) groups excluding carboxylic acids is 3. The number of carbonyl (C=O) groups is 3. The van der Waals surface area contributed by atoms with Crippen molar-refractivity contribution < 1.29 is 19.1 Å². The molecule has 0 radical (unpaired) electrons.